The van der Waals surface area contributed by atoms with Crippen molar-refractivity contribution >= 4 is 22.9 Å². The second-order valence-corrected chi connectivity index (χ2v) is 8.11. The highest BCUT2D eigenvalue weighted by Gasteiger charge is 2.32. The summed E-state index contributed by atoms with van der Waals surface area (Å²) in [4.78, 5) is 19.5. The lowest BCUT2D eigenvalue weighted by Crippen LogP contribution is -2.44. The van der Waals surface area contributed by atoms with Crippen LogP contribution < -0.4 is 9.64 Å². The van der Waals surface area contributed by atoms with E-state index in [4.69, 9.17) is 9.72 Å². The molecule has 2 heterocycles. The van der Waals surface area contributed by atoms with Crippen molar-refractivity contribution in [2.75, 3.05) is 4.90 Å². The van der Waals surface area contributed by atoms with E-state index in [1.807, 2.05) is 71.6 Å². The number of ether oxygens (including phenoxy) is 1. The van der Waals surface area contributed by atoms with Gasteiger partial charge >= 0.3 is 0 Å². The third-order valence-corrected chi connectivity index (χ3v) is 6.06. The highest BCUT2D eigenvalue weighted by atomic mass is 32.1. The lowest BCUT2D eigenvalue weighted by atomic mass is 10.1. The first-order valence-electron chi connectivity index (χ1n) is 9.86. The Morgan fingerprint density at radius 2 is 1.70 bits per heavy atom. The first-order valence-corrected chi connectivity index (χ1v) is 10.7. The van der Waals surface area contributed by atoms with Crippen LogP contribution in [-0.4, -0.2) is 17.0 Å². The van der Waals surface area contributed by atoms with Crippen LogP contribution in [0.25, 0.3) is 21.8 Å². The molecule has 0 saturated carbocycles. The Kier molecular flexibility index (Phi) is 4.81. The second kappa shape index (κ2) is 7.76. The van der Waals surface area contributed by atoms with Crippen LogP contribution in [0.5, 0.6) is 5.75 Å². The number of carbonyl (C=O) groups excluding carboxylic acids is 1. The van der Waals surface area contributed by atoms with Gasteiger partial charge in [0.1, 0.15) is 10.8 Å². The van der Waals surface area contributed by atoms with E-state index in [1.165, 1.54) is 0 Å². The third-order valence-electron chi connectivity index (χ3n) is 5.17. The van der Waals surface area contributed by atoms with Crippen LogP contribution in [0.1, 0.15) is 12.5 Å². The zero-order chi connectivity index (χ0) is 20.5. The molecule has 1 amide bonds. The number of thiazole rings is 1. The molecule has 0 radical (unpaired) electrons. The first kappa shape index (κ1) is 18.6. The topological polar surface area (TPSA) is 42.4 Å². The number of amides is 1. The number of rotatable bonds is 4. The highest BCUT2D eigenvalue weighted by Crippen LogP contribution is 2.39. The molecule has 5 heteroatoms. The van der Waals surface area contributed by atoms with Gasteiger partial charge in [-0.2, -0.15) is 0 Å². The van der Waals surface area contributed by atoms with Crippen molar-refractivity contribution < 1.29 is 9.53 Å². The minimum atomic E-state index is -0.504. The average molecular weight is 413 g/mol. The Labute approximate surface area is 179 Å². The molecule has 5 rings (SSSR count). The number of nitrogens with zero attached hydrogens (tertiary/aromatic N) is 2. The maximum Gasteiger partial charge on any atom is 0.268 e. The Hall–Kier alpha value is -3.44. The van der Waals surface area contributed by atoms with Crippen molar-refractivity contribution in [2.45, 2.75) is 19.6 Å². The Balaban J connectivity index is 1.52. The van der Waals surface area contributed by atoms with Crippen LogP contribution in [0.4, 0.5) is 5.69 Å². The van der Waals surface area contributed by atoms with E-state index >= 15 is 0 Å². The van der Waals surface area contributed by atoms with Gasteiger partial charge in [-0.3, -0.25) is 4.79 Å². The van der Waals surface area contributed by atoms with Crippen molar-refractivity contribution in [2.24, 2.45) is 0 Å². The van der Waals surface area contributed by atoms with Gasteiger partial charge in [-0.25, -0.2) is 4.98 Å². The van der Waals surface area contributed by atoms with Crippen molar-refractivity contribution in [3.8, 4) is 27.6 Å². The number of benzene rings is 3. The molecule has 4 aromatic rings. The quantitative estimate of drug-likeness (QED) is 0.426. The van der Waals surface area contributed by atoms with Crippen molar-refractivity contribution in [1.82, 2.24) is 4.98 Å². The van der Waals surface area contributed by atoms with Crippen molar-refractivity contribution in [3.63, 3.8) is 0 Å². The lowest BCUT2D eigenvalue weighted by molar-refractivity contribution is -0.125. The van der Waals surface area contributed by atoms with Gasteiger partial charge in [0.05, 0.1) is 17.9 Å². The molecule has 148 valence electrons. The van der Waals surface area contributed by atoms with Gasteiger partial charge in [0.2, 0.25) is 0 Å². The molecule has 1 aliphatic rings. The summed E-state index contributed by atoms with van der Waals surface area (Å²) >= 11 is 1.62. The summed E-state index contributed by atoms with van der Waals surface area (Å²) in [6.07, 6.45) is -0.504. The predicted octanol–water partition coefficient (Wildman–Crippen LogP) is 5.79. The van der Waals surface area contributed by atoms with E-state index in [1.54, 1.807) is 18.3 Å². The second-order valence-electron chi connectivity index (χ2n) is 7.26. The van der Waals surface area contributed by atoms with Gasteiger partial charge in [0.25, 0.3) is 5.91 Å². The van der Waals surface area contributed by atoms with Gasteiger partial charge in [-0.05, 0) is 30.7 Å². The van der Waals surface area contributed by atoms with Gasteiger partial charge < -0.3 is 9.64 Å². The third kappa shape index (κ3) is 3.48. The largest absolute Gasteiger partial charge is 0.479 e. The van der Waals surface area contributed by atoms with Gasteiger partial charge in [0, 0.05) is 16.5 Å². The lowest BCUT2D eigenvalue weighted by Gasteiger charge is -2.33. The van der Waals surface area contributed by atoms with Gasteiger partial charge in [-0.1, -0.05) is 60.7 Å². The molecule has 4 nitrogen and oxygen atoms in total. The first-order chi connectivity index (χ1) is 14.7. The molecule has 0 fully saturated rings. The Bertz CT molecular complexity index is 1190. The number of aromatic nitrogens is 1. The molecule has 0 N–H and O–H groups in total. The zero-order valence-corrected chi connectivity index (χ0v) is 17.3. The van der Waals surface area contributed by atoms with Crippen molar-refractivity contribution in [3.05, 3.63) is 89.8 Å². The summed E-state index contributed by atoms with van der Waals surface area (Å²) in [5.41, 5.74) is 4.83. The van der Waals surface area contributed by atoms with Crippen LogP contribution >= 0.6 is 11.3 Å². The average Bonchev–Trinajstić information content (AvgIpc) is 3.28. The molecule has 30 heavy (non-hydrogen) atoms. The fourth-order valence-corrected chi connectivity index (χ4v) is 4.45. The van der Waals surface area contributed by atoms with Crippen LogP contribution in [-0.2, 0) is 11.3 Å². The molecular formula is C25H20N2O2S. The minimum absolute atomic E-state index is 0.0354. The molecule has 1 unspecified atom stereocenters. The maximum atomic E-state index is 12.9. The molecule has 0 saturated heterocycles. The molecule has 1 atom stereocenters. The Morgan fingerprint density at radius 1 is 0.967 bits per heavy atom. The number of fused-ring (bicyclic) bond motifs is 1. The fourth-order valence-electron chi connectivity index (χ4n) is 3.62. The van der Waals surface area contributed by atoms with Crippen LogP contribution in [0, 0.1) is 0 Å². The van der Waals surface area contributed by atoms with E-state index in [0.29, 0.717) is 6.54 Å². The zero-order valence-electron chi connectivity index (χ0n) is 16.5. The molecule has 0 spiro atoms. The summed E-state index contributed by atoms with van der Waals surface area (Å²) in [7, 11) is 0. The van der Waals surface area contributed by atoms with Crippen LogP contribution in [0.2, 0.25) is 0 Å². The van der Waals surface area contributed by atoms with Crippen LogP contribution in [0.15, 0.2) is 84.2 Å². The van der Waals surface area contributed by atoms with E-state index in [0.717, 1.165) is 38.8 Å². The fraction of sp³-hybridized carbons (Fsp3) is 0.120. The molecule has 1 aliphatic heterocycles. The standard InChI is InChI=1S/C25H20N2O2S/c1-17-25(28)27(15-18-8-4-2-5-9-18)22-14-20(12-13-23(22)29-17)21-16-30-24(26-21)19-10-6-3-7-11-19/h2-14,16-17H,15H2,1H3. The van der Waals surface area contributed by atoms with E-state index in [9.17, 15) is 4.79 Å². The molecular weight excluding hydrogens is 392 g/mol. The smallest absolute Gasteiger partial charge is 0.268 e. The minimum Gasteiger partial charge on any atom is -0.479 e. The maximum absolute atomic E-state index is 12.9. The van der Waals surface area contributed by atoms with Crippen molar-refractivity contribution in [1.29, 1.82) is 0 Å². The summed E-state index contributed by atoms with van der Waals surface area (Å²) in [5, 5.41) is 3.03. The predicted molar refractivity (Wildman–Crippen MR) is 121 cm³/mol. The Morgan fingerprint density at radius 3 is 2.47 bits per heavy atom. The summed E-state index contributed by atoms with van der Waals surface area (Å²) in [6.45, 7) is 2.31. The normalized spacial score (nSPS) is 15.6. The highest BCUT2D eigenvalue weighted by molar-refractivity contribution is 7.13. The SMILES string of the molecule is CC1Oc2ccc(-c3csc(-c4ccccc4)n3)cc2N(Cc2ccccc2)C1=O. The number of carbonyl (C=O) groups is 1. The van der Waals surface area contributed by atoms with Gasteiger partial charge in [-0.15, -0.1) is 11.3 Å². The van der Waals surface area contributed by atoms with E-state index in [-0.39, 0.29) is 5.91 Å². The summed E-state index contributed by atoms with van der Waals surface area (Å²) < 4.78 is 5.87. The summed E-state index contributed by atoms with van der Waals surface area (Å²) in [5.74, 6) is 0.687. The number of hydrogen-bond acceptors (Lipinski definition) is 4. The van der Waals surface area contributed by atoms with Gasteiger partial charge in [0.15, 0.2) is 6.10 Å². The molecule has 0 aliphatic carbocycles. The van der Waals surface area contributed by atoms with Crippen LogP contribution in [0.3, 0.4) is 0 Å². The summed E-state index contributed by atoms with van der Waals surface area (Å²) in [6, 6.07) is 26.1. The van der Waals surface area contributed by atoms with E-state index in [2.05, 4.69) is 17.5 Å². The number of anilines is 1. The molecule has 1 aromatic heterocycles. The molecule has 3 aromatic carbocycles. The number of hydrogen-bond donors (Lipinski definition) is 0. The molecule has 0 bridgehead atoms. The van der Waals surface area contributed by atoms with E-state index < -0.39 is 6.10 Å². The monoisotopic (exact) mass is 412 g/mol.